The normalized spacial score (nSPS) is 13.2. The molecule has 100 valence electrons. The number of rotatable bonds is 3. The molecule has 0 spiro atoms. The second-order valence-electron chi connectivity index (χ2n) is 3.58. The van der Waals surface area contributed by atoms with E-state index >= 15 is 0 Å². The Morgan fingerprint density at radius 2 is 1.58 bits per heavy atom. The van der Waals surface area contributed by atoms with E-state index in [0.717, 1.165) is 27.4 Å². The van der Waals surface area contributed by atoms with Gasteiger partial charge in [0, 0.05) is 6.54 Å². The number of carbonyl (C=O) groups is 1. The highest BCUT2D eigenvalue weighted by atomic mass is 32.9. The molecular formula is C9H5NO2S7. The van der Waals surface area contributed by atoms with Gasteiger partial charge in [-0.25, -0.2) is 0 Å². The van der Waals surface area contributed by atoms with Crippen LogP contribution in [-0.2, 0) is 4.79 Å². The third-order valence-corrected chi connectivity index (χ3v) is 10.4. The predicted octanol–water partition coefficient (Wildman–Crippen LogP) is 5.47. The van der Waals surface area contributed by atoms with Crippen molar-refractivity contribution in [2.75, 3.05) is 11.4 Å². The highest BCUT2D eigenvalue weighted by molar-refractivity contribution is 8.06. The van der Waals surface area contributed by atoms with Crippen molar-refractivity contribution in [2.45, 2.75) is 14.8 Å². The molecule has 10 heteroatoms. The first kappa shape index (κ1) is 14.1. The van der Waals surface area contributed by atoms with E-state index in [9.17, 15) is 4.79 Å². The Bertz CT molecular complexity index is 697. The molecule has 0 radical (unpaired) electrons. The maximum atomic E-state index is 10.8. The molecule has 1 aliphatic heterocycles. The fourth-order valence-electron chi connectivity index (χ4n) is 1.67. The topological polar surface area (TPSA) is 40.5 Å². The van der Waals surface area contributed by atoms with Crippen molar-refractivity contribution >= 4 is 94.9 Å². The molecule has 0 atom stereocenters. The van der Waals surface area contributed by atoms with Crippen molar-refractivity contribution in [1.29, 1.82) is 0 Å². The molecule has 1 N–H and O–H groups in total. The van der Waals surface area contributed by atoms with Crippen molar-refractivity contribution < 1.29 is 9.90 Å². The number of hydrogen-bond donors (Lipinski definition) is 1. The van der Waals surface area contributed by atoms with Crippen molar-refractivity contribution in [1.82, 2.24) is 0 Å². The van der Waals surface area contributed by atoms with Gasteiger partial charge >= 0.3 is 5.97 Å². The lowest BCUT2D eigenvalue weighted by molar-refractivity contribution is -0.136. The second-order valence-corrected chi connectivity index (χ2v) is 10.7. The molecule has 0 fully saturated rings. The molecule has 1 aliphatic rings. The quantitative estimate of drug-likeness (QED) is 0.560. The molecule has 0 unspecified atom stereocenters. The van der Waals surface area contributed by atoms with E-state index < -0.39 is 5.97 Å². The molecular weight excluding hydrogens is 379 g/mol. The molecule has 3 heterocycles. The molecule has 0 amide bonds. The third-order valence-electron chi connectivity index (χ3n) is 2.43. The Hall–Kier alpha value is 0.160. The van der Waals surface area contributed by atoms with Crippen LogP contribution in [0, 0.1) is 7.65 Å². The molecule has 2 aromatic rings. The summed E-state index contributed by atoms with van der Waals surface area (Å²) in [4.78, 5) is 12.8. The maximum absolute atomic E-state index is 10.8. The third kappa shape index (κ3) is 2.55. The summed E-state index contributed by atoms with van der Waals surface area (Å²) in [6.07, 6.45) is 0.0775. The average Bonchev–Trinajstić information content (AvgIpc) is 2.91. The van der Waals surface area contributed by atoms with Crippen LogP contribution in [0.2, 0.25) is 0 Å². The van der Waals surface area contributed by atoms with Crippen molar-refractivity contribution in [2.24, 2.45) is 0 Å². The van der Waals surface area contributed by atoms with E-state index in [2.05, 4.69) is 0 Å². The van der Waals surface area contributed by atoms with E-state index in [-0.39, 0.29) is 6.42 Å². The Balaban J connectivity index is 2.12. The first-order valence-corrected chi connectivity index (χ1v) is 10.9. The molecule has 0 saturated heterocycles. The van der Waals surface area contributed by atoms with Gasteiger partial charge in [-0.05, 0) is 0 Å². The van der Waals surface area contributed by atoms with E-state index in [0.29, 0.717) is 6.54 Å². The van der Waals surface area contributed by atoms with Gasteiger partial charge in [0.1, 0.15) is 16.1 Å². The number of aliphatic carboxylic acids is 1. The number of hydrogen-bond acceptors (Lipinski definition) is 9. The summed E-state index contributed by atoms with van der Waals surface area (Å²) in [6, 6.07) is 0. The molecule has 19 heavy (non-hydrogen) atoms. The summed E-state index contributed by atoms with van der Waals surface area (Å²) in [7, 11) is 6.42. The van der Waals surface area contributed by atoms with Crippen LogP contribution in [0.15, 0.2) is 8.42 Å². The fourth-order valence-corrected chi connectivity index (χ4v) is 9.49. The number of nitrogens with zero attached hydrogens (tertiary/aromatic N) is 1. The average molecular weight is 384 g/mol. The lowest BCUT2D eigenvalue weighted by Gasteiger charge is -2.27. The minimum atomic E-state index is -0.809. The Morgan fingerprint density at radius 1 is 1.05 bits per heavy atom. The van der Waals surface area contributed by atoms with Crippen LogP contribution in [0.4, 0.5) is 11.4 Å². The summed E-state index contributed by atoms with van der Waals surface area (Å²) >= 11 is 12.4. The highest BCUT2D eigenvalue weighted by Gasteiger charge is 2.29. The fraction of sp³-hybridized carbons (Fsp3) is 0.222. The van der Waals surface area contributed by atoms with Gasteiger partial charge in [0.2, 0.25) is 0 Å². The van der Waals surface area contributed by atoms with E-state index in [1.807, 2.05) is 4.90 Å². The Morgan fingerprint density at radius 3 is 2.05 bits per heavy atom. The van der Waals surface area contributed by atoms with Gasteiger partial charge in [0.15, 0.2) is 0 Å². The highest BCUT2D eigenvalue weighted by Crippen LogP contribution is 2.56. The van der Waals surface area contributed by atoms with Crippen LogP contribution in [0.3, 0.4) is 0 Å². The van der Waals surface area contributed by atoms with Gasteiger partial charge in [0.25, 0.3) is 0 Å². The van der Waals surface area contributed by atoms with Crippen LogP contribution < -0.4 is 4.90 Å². The molecule has 2 aromatic heterocycles. The minimum Gasteiger partial charge on any atom is -0.481 e. The molecule has 3 nitrogen and oxygen atoms in total. The molecule has 0 aliphatic carbocycles. The monoisotopic (exact) mass is 383 g/mol. The first-order chi connectivity index (χ1) is 9.08. The zero-order valence-corrected chi connectivity index (χ0v) is 14.8. The van der Waals surface area contributed by atoms with Gasteiger partial charge in [-0.15, -0.1) is 0 Å². The Kier molecular flexibility index (Phi) is 4.09. The molecule has 0 bridgehead atoms. The SMILES string of the molecule is O=C(O)CCN1c2c(ssc2=S)Sc2ssc(=S)c21. The number of carboxylic acid groups (broad SMARTS) is 1. The van der Waals surface area contributed by atoms with Crippen molar-refractivity contribution in [3.05, 3.63) is 7.65 Å². The predicted molar refractivity (Wildman–Crippen MR) is 89.4 cm³/mol. The maximum Gasteiger partial charge on any atom is 0.305 e. The van der Waals surface area contributed by atoms with Crippen LogP contribution in [0.25, 0.3) is 0 Å². The van der Waals surface area contributed by atoms with Gasteiger partial charge in [0.05, 0.1) is 17.8 Å². The largest absolute Gasteiger partial charge is 0.481 e. The zero-order valence-electron chi connectivity index (χ0n) is 9.07. The van der Waals surface area contributed by atoms with Gasteiger partial charge in [-0.3, -0.25) is 4.79 Å². The Labute approximate surface area is 137 Å². The summed E-state index contributed by atoms with van der Waals surface area (Å²) < 4.78 is 3.93. The summed E-state index contributed by atoms with van der Waals surface area (Å²) in [5, 5.41) is 8.91. The molecule has 0 saturated carbocycles. The van der Waals surface area contributed by atoms with Gasteiger partial charge in [-0.2, -0.15) is 0 Å². The lowest BCUT2D eigenvalue weighted by atomic mass is 10.3. The summed E-state index contributed by atoms with van der Waals surface area (Å²) in [5.74, 6) is -0.809. The number of anilines is 2. The van der Waals surface area contributed by atoms with E-state index in [4.69, 9.17) is 29.5 Å². The van der Waals surface area contributed by atoms with Crippen LogP contribution >= 0.6 is 77.6 Å². The second kappa shape index (κ2) is 5.51. The molecule has 3 rings (SSSR count). The summed E-state index contributed by atoms with van der Waals surface area (Å²) in [5.41, 5.74) is 1.95. The van der Waals surface area contributed by atoms with Crippen LogP contribution in [-0.4, -0.2) is 17.6 Å². The molecule has 0 aromatic carbocycles. The number of carboxylic acids is 1. The van der Waals surface area contributed by atoms with Crippen molar-refractivity contribution in [3.8, 4) is 0 Å². The summed E-state index contributed by atoms with van der Waals surface area (Å²) in [6.45, 7) is 0.413. The van der Waals surface area contributed by atoms with Crippen LogP contribution in [0.1, 0.15) is 6.42 Å². The van der Waals surface area contributed by atoms with Gasteiger partial charge in [-0.1, -0.05) is 77.6 Å². The first-order valence-electron chi connectivity index (χ1n) is 5.01. The smallest absolute Gasteiger partial charge is 0.305 e. The zero-order chi connectivity index (χ0) is 13.6. The number of fused-ring (bicyclic) bond motifs is 2. The van der Waals surface area contributed by atoms with E-state index in [1.54, 1.807) is 53.1 Å². The van der Waals surface area contributed by atoms with Gasteiger partial charge < -0.3 is 10.0 Å². The van der Waals surface area contributed by atoms with Crippen molar-refractivity contribution in [3.63, 3.8) is 0 Å². The lowest BCUT2D eigenvalue weighted by Crippen LogP contribution is -2.22. The standard InChI is InChI=1S/C9H5NO2S7/c11-3(12)1-2-10-4-6(13)16-18-8(4)15-9-5(10)7(14)17-19-9/h1-2H2,(H,11,12). The van der Waals surface area contributed by atoms with E-state index in [1.165, 1.54) is 0 Å². The minimum absolute atomic E-state index is 0.0775. The van der Waals surface area contributed by atoms with Crippen LogP contribution in [0.5, 0.6) is 0 Å².